The van der Waals surface area contributed by atoms with Gasteiger partial charge in [0.05, 0.1) is 0 Å². The summed E-state index contributed by atoms with van der Waals surface area (Å²) in [7, 11) is 0. The average molecular weight is 337 g/mol. The van der Waals surface area contributed by atoms with Gasteiger partial charge in [0.15, 0.2) is 0 Å². The third-order valence-electron chi connectivity index (χ3n) is 3.67. The molecule has 100 valence electrons. The van der Waals surface area contributed by atoms with Crippen LogP contribution in [0.1, 0.15) is 34.2 Å². The molecule has 1 heterocycles. The standard InChI is InChI=1S/C15H17BrN2S/c1-10-8-18-15(19-10)9-17-14-6-12(7-14)11-3-2-4-13(16)5-11/h2-5,8,12,14,17H,6-7,9H2,1H3. The minimum atomic E-state index is 0.646. The summed E-state index contributed by atoms with van der Waals surface area (Å²) >= 11 is 5.32. The van der Waals surface area contributed by atoms with Gasteiger partial charge in [0.25, 0.3) is 0 Å². The van der Waals surface area contributed by atoms with Crippen LogP contribution >= 0.6 is 27.3 Å². The first-order chi connectivity index (χ1) is 9.20. The lowest BCUT2D eigenvalue weighted by atomic mass is 9.76. The molecule has 3 rings (SSSR count). The molecule has 2 aromatic rings. The Morgan fingerprint density at radius 2 is 2.26 bits per heavy atom. The van der Waals surface area contributed by atoms with Gasteiger partial charge in [-0.05, 0) is 43.4 Å². The summed E-state index contributed by atoms with van der Waals surface area (Å²) < 4.78 is 1.18. The van der Waals surface area contributed by atoms with E-state index in [0.717, 1.165) is 6.54 Å². The van der Waals surface area contributed by atoms with Gasteiger partial charge in [0.2, 0.25) is 0 Å². The maximum Gasteiger partial charge on any atom is 0.107 e. The van der Waals surface area contributed by atoms with Gasteiger partial charge in [0, 0.05) is 28.1 Å². The highest BCUT2D eigenvalue weighted by Crippen LogP contribution is 2.37. The number of thiazole rings is 1. The largest absolute Gasteiger partial charge is 0.308 e. The monoisotopic (exact) mass is 336 g/mol. The summed E-state index contributed by atoms with van der Waals surface area (Å²) in [5.41, 5.74) is 1.46. The Labute approximate surface area is 126 Å². The van der Waals surface area contributed by atoms with E-state index in [2.05, 4.69) is 57.4 Å². The van der Waals surface area contributed by atoms with Gasteiger partial charge >= 0.3 is 0 Å². The molecule has 0 aliphatic heterocycles. The van der Waals surface area contributed by atoms with E-state index >= 15 is 0 Å². The maximum absolute atomic E-state index is 4.38. The molecule has 0 unspecified atom stereocenters. The molecule has 1 aliphatic rings. The lowest BCUT2D eigenvalue weighted by Crippen LogP contribution is -2.39. The maximum atomic E-state index is 4.38. The molecule has 0 spiro atoms. The van der Waals surface area contributed by atoms with E-state index in [9.17, 15) is 0 Å². The number of aromatic nitrogens is 1. The number of nitrogens with one attached hydrogen (secondary N) is 1. The van der Waals surface area contributed by atoms with E-state index in [1.165, 1.54) is 32.8 Å². The van der Waals surface area contributed by atoms with E-state index in [1.807, 2.05) is 6.20 Å². The highest BCUT2D eigenvalue weighted by molar-refractivity contribution is 9.10. The molecule has 19 heavy (non-hydrogen) atoms. The zero-order valence-electron chi connectivity index (χ0n) is 10.9. The first-order valence-corrected chi connectivity index (χ1v) is 8.22. The van der Waals surface area contributed by atoms with Crippen molar-refractivity contribution in [2.45, 2.75) is 38.3 Å². The summed E-state index contributed by atoms with van der Waals surface area (Å²) in [4.78, 5) is 5.67. The van der Waals surface area contributed by atoms with Crippen molar-refractivity contribution < 1.29 is 0 Å². The lowest BCUT2D eigenvalue weighted by Gasteiger charge is -2.36. The van der Waals surface area contributed by atoms with Crippen LogP contribution in [0, 0.1) is 6.92 Å². The van der Waals surface area contributed by atoms with Gasteiger partial charge in [-0.1, -0.05) is 28.1 Å². The van der Waals surface area contributed by atoms with Gasteiger partial charge < -0.3 is 5.32 Å². The minimum absolute atomic E-state index is 0.646. The van der Waals surface area contributed by atoms with E-state index in [4.69, 9.17) is 0 Å². The molecule has 1 saturated carbocycles. The van der Waals surface area contributed by atoms with Gasteiger partial charge in [-0.15, -0.1) is 11.3 Å². The van der Waals surface area contributed by atoms with Crippen LogP contribution < -0.4 is 5.32 Å². The molecule has 1 fully saturated rings. The molecule has 1 N–H and O–H groups in total. The van der Waals surface area contributed by atoms with Crippen LogP contribution in [0.15, 0.2) is 34.9 Å². The third kappa shape index (κ3) is 3.25. The van der Waals surface area contributed by atoms with Crippen LogP contribution in [0.3, 0.4) is 0 Å². The van der Waals surface area contributed by atoms with Gasteiger partial charge in [-0.3, -0.25) is 0 Å². The molecule has 0 bridgehead atoms. The van der Waals surface area contributed by atoms with Gasteiger partial charge in [-0.25, -0.2) is 4.98 Å². The predicted molar refractivity (Wildman–Crippen MR) is 83.6 cm³/mol. The number of hydrogen-bond donors (Lipinski definition) is 1. The van der Waals surface area contributed by atoms with Crippen LogP contribution in [0.4, 0.5) is 0 Å². The molecule has 1 aromatic carbocycles. The number of nitrogens with zero attached hydrogens (tertiary/aromatic N) is 1. The molecular formula is C15H17BrN2S. The Balaban J connectivity index is 1.48. The highest BCUT2D eigenvalue weighted by atomic mass is 79.9. The zero-order chi connectivity index (χ0) is 13.2. The average Bonchev–Trinajstić information content (AvgIpc) is 2.73. The second kappa shape index (κ2) is 5.73. The van der Waals surface area contributed by atoms with Crippen molar-refractivity contribution in [1.82, 2.24) is 10.3 Å². The fourth-order valence-electron chi connectivity index (χ4n) is 2.53. The third-order valence-corrected chi connectivity index (χ3v) is 5.08. The van der Waals surface area contributed by atoms with Crippen LogP contribution in [-0.2, 0) is 6.54 Å². The Morgan fingerprint density at radius 3 is 2.95 bits per heavy atom. The zero-order valence-corrected chi connectivity index (χ0v) is 13.3. The highest BCUT2D eigenvalue weighted by Gasteiger charge is 2.29. The predicted octanol–water partition coefficient (Wildman–Crippen LogP) is 4.25. The second-order valence-electron chi connectivity index (χ2n) is 5.17. The lowest BCUT2D eigenvalue weighted by molar-refractivity contribution is 0.289. The SMILES string of the molecule is Cc1cnc(CNC2CC(c3cccc(Br)c3)C2)s1. The van der Waals surface area contributed by atoms with Gasteiger partial charge in [0.1, 0.15) is 5.01 Å². The number of halogens is 1. The smallest absolute Gasteiger partial charge is 0.107 e. The summed E-state index contributed by atoms with van der Waals surface area (Å²) in [6.45, 7) is 3.02. The molecule has 1 aliphatic carbocycles. The Hall–Kier alpha value is -0.710. The first kappa shape index (κ1) is 13.3. The number of rotatable bonds is 4. The second-order valence-corrected chi connectivity index (χ2v) is 7.40. The molecule has 0 radical (unpaired) electrons. The molecular weight excluding hydrogens is 320 g/mol. The van der Waals surface area contributed by atoms with Crippen molar-refractivity contribution in [1.29, 1.82) is 0 Å². The Kier molecular flexibility index (Phi) is 4.01. The first-order valence-electron chi connectivity index (χ1n) is 6.61. The van der Waals surface area contributed by atoms with Crippen LogP contribution in [0.5, 0.6) is 0 Å². The summed E-state index contributed by atoms with van der Waals surface area (Å²) in [6.07, 6.45) is 4.42. The number of hydrogen-bond acceptors (Lipinski definition) is 3. The van der Waals surface area contributed by atoms with Crippen molar-refractivity contribution in [3.63, 3.8) is 0 Å². The molecule has 0 saturated heterocycles. The molecule has 0 atom stereocenters. The van der Waals surface area contributed by atoms with E-state index in [0.29, 0.717) is 12.0 Å². The summed E-state index contributed by atoms with van der Waals surface area (Å²) in [5.74, 6) is 0.716. The summed E-state index contributed by atoms with van der Waals surface area (Å²) in [5, 5.41) is 4.80. The molecule has 1 aromatic heterocycles. The fourth-order valence-corrected chi connectivity index (χ4v) is 3.69. The summed E-state index contributed by atoms with van der Waals surface area (Å²) in [6, 6.07) is 9.33. The van der Waals surface area contributed by atoms with Crippen LogP contribution in [-0.4, -0.2) is 11.0 Å². The van der Waals surface area contributed by atoms with E-state index < -0.39 is 0 Å². The van der Waals surface area contributed by atoms with Crippen molar-refractivity contribution in [3.05, 3.63) is 50.4 Å². The van der Waals surface area contributed by atoms with Crippen molar-refractivity contribution in [2.75, 3.05) is 0 Å². The quantitative estimate of drug-likeness (QED) is 0.902. The van der Waals surface area contributed by atoms with Crippen LogP contribution in [0.2, 0.25) is 0 Å². The van der Waals surface area contributed by atoms with Crippen molar-refractivity contribution in [3.8, 4) is 0 Å². The number of benzene rings is 1. The van der Waals surface area contributed by atoms with E-state index in [1.54, 1.807) is 11.3 Å². The van der Waals surface area contributed by atoms with Gasteiger partial charge in [-0.2, -0.15) is 0 Å². The van der Waals surface area contributed by atoms with Crippen LogP contribution in [0.25, 0.3) is 0 Å². The number of aryl methyl sites for hydroxylation is 1. The molecule has 2 nitrogen and oxygen atoms in total. The van der Waals surface area contributed by atoms with Crippen molar-refractivity contribution >= 4 is 27.3 Å². The minimum Gasteiger partial charge on any atom is -0.308 e. The molecule has 0 amide bonds. The normalized spacial score (nSPS) is 22.2. The molecule has 4 heteroatoms. The van der Waals surface area contributed by atoms with Crippen molar-refractivity contribution in [2.24, 2.45) is 0 Å². The Morgan fingerprint density at radius 1 is 1.42 bits per heavy atom. The fraction of sp³-hybridized carbons (Fsp3) is 0.400. The van der Waals surface area contributed by atoms with E-state index in [-0.39, 0.29) is 0 Å². The Bertz CT molecular complexity index is 561. The topological polar surface area (TPSA) is 24.9 Å².